The first-order chi connectivity index (χ1) is 8.51. The van der Waals surface area contributed by atoms with E-state index in [2.05, 4.69) is 29.9 Å². The highest BCUT2D eigenvalue weighted by Crippen LogP contribution is 2.31. The summed E-state index contributed by atoms with van der Waals surface area (Å²) in [6.45, 7) is 9.46. The van der Waals surface area contributed by atoms with Crippen LogP contribution >= 0.6 is 0 Å². The summed E-state index contributed by atoms with van der Waals surface area (Å²) in [4.78, 5) is 21.4. The highest BCUT2D eigenvalue weighted by molar-refractivity contribution is 5.40. The van der Waals surface area contributed by atoms with Gasteiger partial charge in [0.05, 0.1) is 0 Å². The van der Waals surface area contributed by atoms with E-state index in [1.54, 1.807) is 6.08 Å². The number of rotatable bonds is 4. The first-order valence-electron chi connectivity index (χ1n) is 5.93. The van der Waals surface area contributed by atoms with Crippen LogP contribution in [0.4, 0.5) is 0 Å². The summed E-state index contributed by atoms with van der Waals surface area (Å²) in [6, 6.07) is -0.411. The van der Waals surface area contributed by atoms with Crippen LogP contribution in [0.1, 0.15) is 20.8 Å². The van der Waals surface area contributed by atoms with Crippen molar-refractivity contribution in [3.8, 4) is 0 Å². The number of hydrogen-bond acceptors (Lipinski definition) is 4. The second-order valence-corrected chi connectivity index (χ2v) is 4.68. The van der Waals surface area contributed by atoms with Gasteiger partial charge in [-0.25, -0.2) is 0 Å². The Morgan fingerprint density at radius 3 is 2.61 bits per heavy atom. The van der Waals surface area contributed by atoms with Gasteiger partial charge in [0.2, 0.25) is 0 Å². The monoisotopic (exact) mass is 246 g/mol. The van der Waals surface area contributed by atoms with Crippen LogP contribution in [0, 0.1) is 21.6 Å². The second kappa shape index (κ2) is 6.19. The molecule has 0 bridgehead atoms. The molecular weight excluding hydrogens is 228 g/mol. The minimum Gasteiger partial charge on any atom is -0.150 e. The highest BCUT2D eigenvalue weighted by Gasteiger charge is 2.27. The van der Waals surface area contributed by atoms with Gasteiger partial charge in [-0.05, 0) is 41.2 Å². The van der Waals surface area contributed by atoms with Crippen molar-refractivity contribution in [2.45, 2.75) is 26.8 Å². The molecule has 0 N–H and O–H groups in total. The Labute approximate surface area is 107 Å². The van der Waals surface area contributed by atoms with E-state index in [1.165, 1.54) is 6.08 Å². The smallest absolute Gasteiger partial charge is 0.120 e. The Bertz CT molecular complexity index is 447. The van der Waals surface area contributed by atoms with Gasteiger partial charge in [0.15, 0.2) is 0 Å². The van der Waals surface area contributed by atoms with E-state index >= 15 is 0 Å². The summed E-state index contributed by atoms with van der Waals surface area (Å²) < 4.78 is 0. The van der Waals surface area contributed by atoms with E-state index in [-0.39, 0.29) is 17.5 Å². The lowest BCUT2D eigenvalue weighted by molar-refractivity contribution is 0.412. The Hall–Kier alpha value is -1.84. The number of hydrogen-bond donors (Lipinski definition) is 0. The van der Waals surface area contributed by atoms with Crippen molar-refractivity contribution in [1.82, 2.24) is 0 Å². The molecule has 0 aromatic carbocycles. The van der Waals surface area contributed by atoms with Crippen molar-refractivity contribution < 1.29 is 0 Å². The number of allylic oxidation sites excluding steroid dienone is 4. The number of nitrogens with zero attached hydrogens (tertiary/aromatic N) is 2. The van der Waals surface area contributed by atoms with Crippen LogP contribution in [-0.2, 0) is 0 Å². The van der Waals surface area contributed by atoms with Crippen LogP contribution in [0.2, 0.25) is 0 Å². The molecule has 0 heterocycles. The lowest BCUT2D eigenvalue weighted by Gasteiger charge is -2.21. The molecular formula is C14H18N2O2. The first kappa shape index (κ1) is 14.2. The minimum atomic E-state index is -0.411. The van der Waals surface area contributed by atoms with Crippen molar-refractivity contribution in [2.75, 3.05) is 0 Å². The molecule has 0 spiro atoms. The zero-order valence-electron chi connectivity index (χ0n) is 11.0. The SMILES string of the molecule is C=C(/C=C\C1=C(C)C=CC(C)C(C)C1N=O)N=O. The molecule has 0 amide bonds. The molecule has 0 aliphatic heterocycles. The molecule has 18 heavy (non-hydrogen) atoms. The standard InChI is InChI=1S/C14H18N2O2/c1-9-5-6-10(2)13(8-7-11(3)15-17)14(16-18)12(9)4/h5-9,12,14H,3H2,1-2,4H3/b8-7-. The van der Waals surface area contributed by atoms with Gasteiger partial charge in [0.25, 0.3) is 0 Å². The van der Waals surface area contributed by atoms with E-state index in [9.17, 15) is 9.81 Å². The summed E-state index contributed by atoms with van der Waals surface area (Å²) in [6.07, 6.45) is 7.29. The molecule has 0 aromatic rings. The van der Waals surface area contributed by atoms with Crippen molar-refractivity contribution in [2.24, 2.45) is 22.2 Å². The van der Waals surface area contributed by atoms with Gasteiger partial charge < -0.3 is 0 Å². The van der Waals surface area contributed by atoms with Gasteiger partial charge in [-0.15, -0.1) is 4.91 Å². The van der Waals surface area contributed by atoms with Crippen molar-refractivity contribution in [1.29, 1.82) is 0 Å². The number of nitroso groups, excluding NO2 is 2. The molecule has 0 aromatic heterocycles. The Morgan fingerprint density at radius 2 is 2.06 bits per heavy atom. The third-order valence-corrected chi connectivity index (χ3v) is 3.44. The molecule has 0 fully saturated rings. The predicted octanol–water partition coefficient (Wildman–Crippen LogP) is 4.12. The molecule has 4 nitrogen and oxygen atoms in total. The Balaban J connectivity index is 3.14. The van der Waals surface area contributed by atoms with Gasteiger partial charge in [-0.3, -0.25) is 0 Å². The summed E-state index contributed by atoms with van der Waals surface area (Å²) in [5.74, 6) is 0.397. The maximum atomic E-state index is 11.1. The summed E-state index contributed by atoms with van der Waals surface area (Å²) >= 11 is 0. The topological polar surface area (TPSA) is 58.9 Å². The molecule has 4 heteroatoms. The third-order valence-electron chi connectivity index (χ3n) is 3.44. The van der Waals surface area contributed by atoms with Gasteiger partial charge in [-0.1, -0.05) is 43.8 Å². The fourth-order valence-electron chi connectivity index (χ4n) is 1.97. The third kappa shape index (κ3) is 3.09. The summed E-state index contributed by atoms with van der Waals surface area (Å²) in [5.41, 5.74) is 1.93. The molecule has 0 saturated carbocycles. The lowest BCUT2D eigenvalue weighted by atomic mass is 9.86. The van der Waals surface area contributed by atoms with E-state index in [0.29, 0.717) is 0 Å². The van der Waals surface area contributed by atoms with Gasteiger partial charge in [0, 0.05) is 0 Å². The van der Waals surface area contributed by atoms with Crippen LogP contribution in [-0.4, -0.2) is 6.04 Å². The zero-order chi connectivity index (χ0) is 13.7. The molecule has 3 unspecified atom stereocenters. The largest absolute Gasteiger partial charge is 0.150 e. The highest BCUT2D eigenvalue weighted by atomic mass is 16.3. The summed E-state index contributed by atoms with van der Waals surface area (Å²) in [7, 11) is 0. The first-order valence-corrected chi connectivity index (χ1v) is 5.93. The van der Waals surface area contributed by atoms with Crippen LogP contribution < -0.4 is 0 Å². The van der Waals surface area contributed by atoms with E-state index < -0.39 is 6.04 Å². The molecule has 1 rings (SSSR count). The van der Waals surface area contributed by atoms with Crippen molar-refractivity contribution in [3.05, 3.63) is 57.5 Å². The minimum absolute atomic E-state index is 0.119. The predicted molar refractivity (Wildman–Crippen MR) is 73.8 cm³/mol. The quantitative estimate of drug-likeness (QED) is 0.553. The van der Waals surface area contributed by atoms with Crippen LogP contribution in [0.5, 0.6) is 0 Å². The zero-order valence-corrected chi connectivity index (χ0v) is 11.0. The molecule has 0 saturated heterocycles. The molecule has 1 aliphatic rings. The van der Waals surface area contributed by atoms with Gasteiger partial charge in [0.1, 0.15) is 11.7 Å². The summed E-state index contributed by atoms with van der Waals surface area (Å²) in [5, 5.41) is 5.96. The second-order valence-electron chi connectivity index (χ2n) is 4.68. The molecule has 1 aliphatic carbocycles. The fraction of sp³-hybridized carbons (Fsp3) is 0.429. The maximum absolute atomic E-state index is 11.1. The maximum Gasteiger partial charge on any atom is 0.120 e. The van der Waals surface area contributed by atoms with Crippen molar-refractivity contribution in [3.63, 3.8) is 0 Å². The van der Waals surface area contributed by atoms with Gasteiger partial charge >= 0.3 is 0 Å². The molecule has 96 valence electrons. The fourth-order valence-corrected chi connectivity index (χ4v) is 1.97. The Kier molecular flexibility index (Phi) is 4.89. The average molecular weight is 246 g/mol. The van der Waals surface area contributed by atoms with Crippen LogP contribution in [0.3, 0.4) is 0 Å². The lowest BCUT2D eigenvalue weighted by Crippen LogP contribution is -2.22. The van der Waals surface area contributed by atoms with Crippen molar-refractivity contribution >= 4 is 0 Å². The average Bonchev–Trinajstić information content (AvgIpc) is 2.47. The molecule has 3 atom stereocenters. The van der Waals surface area contributed by atoms with E-state index in [0.717, 1.165) is 11.1 Å². The van der Waals surface area contributed by atoms with Crippen LogP contribution in [0.25, 0.3) is 0 Å². The molecule has 0 radical (unpaired) electrons. The van der Waals surface area contributed by atoms with Crippen LogP contribution in [0.15, 0.2) is 58.1 Å². The normalized spacial score (nSPS) is 28.3. The van der Waals surface area contributed by atoms with E-state index in [4.69, 9.17) is 0 Å². The Morgan fingerprint density at radius 1 is 1.39 bits per heavy atom. The van der Waals surface area contributed by atoms with Gasteiger partial charge in [-0.2, -0.15) is 4.91 Å². The van der Waals surface area contributed by atoms with E-state index in [1.807, 2.05) is 19.9 Å².